The standard InChI is InChI=1S/C29H27FN4O2/c1-29(22-9-14-25-21(15-22)17-31-34(25)24-12-10-23(30)11-13-24)26(32-28(36)20-7-8-20)16-27(35)33(29)18-19-5-3-2-4-6-19/h2-6,9-15,17,20,26H,7-8,16,18H2,1H3,(H,32,36). The number of aromatic nitrogens is 2. The maximum absolute atomic E-state index is 13.4. The third-order valence-corrected chi connectivity index (χ3v) is 7.59. The van der Waals surface area contributed by atoms with Crippen LogP contribution in [0.25, 0.3) is 16.6 Å². The van der Waals surface area contributed by atoms with Gasteiger partial charge in [-0.3, -0.25) is 9.59 Å². The first-order valence-electron chi connectivity index (χ1n) is 12.3. The Morgan fingerprint density at radius 3 is 2.56 bits per heavy atom. The van der Waals surface area contributed by atoms with Crippen LogP contribution in [0.4, 0.5) is 4.39 Å². The number of benzene rings is 3. The molecule has 1 saturated carbocycles. The zero-order valence-electron chi connectivity index (χ0n) is 20.0. The van der Waals surface area contributed by atoms with Crippen molar-refractivity contribution >= 4 is 22.7 Å². The Bertz CT molecular complexity index is 1450. The number of amides is 2. The predicted octanol–water partition coefficient (Wildman–Crippen LogP) is 4.71. The number of nitrogens with zero attached hydrogens (tertiary/aromatic N) is 3. The van der Waals surface area contributed by atoms with Gasteiger partial charge in [0.1, 0.15) is 5.82 Å². The van der Waals surface area contributed by atoms with Crippen LogP contribution in [0.15, 0.2) is 79.0 Å². The molecule has 2 amide bonds. The maximum atomic E-state index is 13.4. The van der Waals surface area contributed by atoms with Gasteiger partial charge >= 0.3 is 0 Å². The molecular weight excluding hydrogens is 455 g/mol. The molecule has 7 heteroatoms. The van der Waals surface area contributed by atoms with Crippen LogP contribution in [-0.4, -0.2) is 32.5 Å². The fourth-order valence-corrected chi connectivity index (χ4v) is 5.27. The molecule has 1 aliphatic carbocycles. The van der Waals surface area contributed by atoms with Crippen molar-refractivity contribution in [1.82, 2.24) is 20.0 Å². The van der Waals surface area contributed by atoms with E-state index in [2.05, 4.69) is 16.5 Å². The van der Waals surface area contributed by atoms with E-state index in [1.807, 2.05) is 54.3 Å². The predicted molar refractivity (Wildman–Crippen MR) is 135 cm³/mol. The molecule has 0 bridgehead atoms. The van der Waals surface area contributed by atoms with Crippen LogP contribution >= 0.6 is 0 Å². The minimum atomic E-state index is -0.732. The van der Waals surface area contributed by atoms with Crippen LogP contribution in [0.1, 0.15) is 37.3 Å². The number of halogens is 1. The van der Waals surface area contributed by atoms with Crippen molar-refractivity contribution in [3.8, 4) is 5.69 Å². The highest BCUT2D eigenvalue weighted by Crippen LogP contribution is 2.42. The summed E-state index contributed by atoms with van der Waals surface area (Å²) in [5.41, 5.74) is 2.89. The van der Waals surface area contributed by atoms with Gasteiger partial charge in [0, 0.05) is 24.3 Å². The lowest BCUT2D eigenvalue weighted by molar-refractivity contribution is -0.132. The summed E-state index contributed by atoms with van der Waals surface area (Å²) in [5.74, 6) is -0.187. The Balaban J connectivity index is 1.41. The van der Waals surface area contributed by atoms with Crippen molar-refractivity contribution in [3.05, 3.63) is 95.9 Å². The van der Waals surface area contributed by atoms with Crippen LogP contribution < -0.4 is 5.32 Å². The van der Waals surface area contributed by atoms with Crippen molar-refractivity contribution in [2.24, 2.45) is 5.92 Å². The number of hydrogen-bond donors (Lipinski definition) is 1. The van der Waals surface area contributed by atoms with Crippen LogP contribution in [0.3, 0.4) is 0 Å². The highest BCUT2D eigenvalue weighted by atomic mass is 19.1. The highest BCUT2D eigenvalue weighted by Gasteiger charge is 2.52. The average molecular weight is 483 g/mol. The summed E-state index contributed by atoms with van der Waals surface area (Å²) in [6.45, 7) is 2.50. The van der Waals surface area contributed by atoms with Crippen LogP contribution in [0, 0.1) is 11.7 Å². The lowest BCUT2D eigenvalue weighted by Crippen LogP contribution is -2.52. The number of carbonyl (C=O) groups is 2. The molecule has 0 spiro atoms. The summed E-state index contributed by atoms with van der Waals surface area (Å²) in [5, 5.41) is 8.64. The Morgan fingerprint density at radius 1 is 1.08 bits per heavy atom. The Labute approximate surface area is 208 Å². The van der Waals surface area contributed by atoms with Gasteiger partial charge < -0.3 is 10.2 Å². The summed E-state index contributed by atoms with van der Waals surface area (Å²) < 4.78 is 15.2. The zero-order chi connectivity index (χ0) is 24.9. The van der Waals surface area contributed by atoms with Gasteiger partial charge in [0.05, 0.1) is 29.0 Å². The molecular formula is C29H27FN4O2. The molecule has 2 heterocycles. The number of hydrogen-bond acceptors (Lipinski definition) is 3. The van der Waals surface area contributed by atoms with Gasteiger partial charge in [-0.15, -0.1) is 0 Å². The second kappa shape index (κ2) is 8.59. The number of likely N-dealkylation sites (tertiary alicyclic amines) is 1. The second-order valence-electron chi connectivity index (χ2n) is 9.96. The third-order valence-electron chi connectivity index (χ3n) is 7.59. The largest absolute Gasteiger partial charge is 0.350 e. The van der Waals surface area contributed by atoms with Crippen molar-refractivity contribution in [1.29, 1.82) is 0 Å². The zero-order valence-corrected chi connectivity index (χ0v) is 20.0. The first-order valence-corrected chi connectivity index (χ1v) is 12.3. The van der Waals surface area contributed by atoms with Crippen LogP contribution in [0.5, 0.6) is 0 Å². The number of carbonyl (C=O) groups excluding carboxylic acids is 2. The molecule has 3 aromatic carbocycles. The fourth-order valence-electron chi connectivity index (χ4n) is 5.27. The monoisotopic (exact) mass is 482 g/mol. The van der Waals surface area contributed by atoms with Gasteiger partial charge in [-0.25, -0.2) is 9.07 Å². The molecule has 2 unspecified atom stereocenters. The van der Waals surface area contributed by atoms with E-state index in [-0.39, 0.29) is 36.0 Å². The number of nitrogens with one attached hydrogen (secondary N) is 1. The van der Waals surface area contributed by atoms with Gasteiger partial charge in [-0.2, -0.15) is 5.10 Å². The van der Waals surface area contributed by atoms with E-state index in [0.29, 0.717) is 6.54 Å². The smallest absolute Gasteiger partial charge is 0.225 e. The molecule has 2 atom stereocenters. The van der Waals surface area contributed by atoms with E-state index >= 15 is 0 Å². The summed E-state index contributed by atoms with van der Waals surface area (Å²) in [7, 11) is 0. The molecule has 0 radical (unpaired) electrons. The van der Waals surface area contributed by atoms with E-state index in [0.717, 1.165) is 40.6 Å². The molecule has 1 saturated heterocycles. The molecule has 182 valence electrons. The Hall–Kier alpha value is -4.00. The van der Waals surface area contributed by atoms with E-state index < -0.39 is 5.54 Å². The lowest BCUT2D eigenvalue weighted by Gasteiger charge is -2.40. The Kier molecular flexibility index (Phi) is 5.36. The van der Waals surface area contributed by atoms with Crippen molar-refractivity contribution < 1.29 is 14.0 Å². The lowest BCUT2D eigenvalue weighted by atomic mass is 9.84. The molecule has 4 aromatic rings. The molecule has 1 aliphatic heterocycles. The second-order valence-corrected chi connectivity index (χ2v) is 9.96. The van der Waals surface area contributed by atoms with Gasteiger partial charge in [0.2, 0.25) is 11.8 Å². The quantitative estimate of drug-likeness (QED) is 0.433. The first kappa shape index (κ1) is 22.5. The van der Waals surface area contributed by atoms with Crippen molar-refractivity contribution in [3.63, 3.8) is 0 Å². The first-order chi connectivity index (χ1) is 17.4. The molecule has 1 N–H and O–H groups in total. The summed E-state index contributed by atoms with van der Waals surface area (Å²) in [6, 6.07) is 21.8. The summed E-state index contributed by atoms with van der Waals surface area (Å²) >= 11 is 0. The van der Waals surface area contributed by atoms with Gasteiger partial charge in [-0.1, -0.05) is 36.4 Å². The van der Waals surface area contributed by atoms with E-state index in [1.54, 1.807) is 23.0 Å². The summed E-state index contributed by atoms with van der Waals surface area (Å²) in [6.07, 6.45) is 3.85. The van der Waals surface area contributed by atoms with Crippen LogP contribution in [-0.2, 0) is 21.7 Å². The normalized spacial score (nSPS) is 21.8. The Morgan fingerprint density at radius 2 is 1.83 bits per heavy atom. The fraction of sp³-hybridized carbons (Fsp3) is 0.276. The number of fused-ring (bicyclic) bond motifs is 1. The maximum Gasteiger partial charge on any atom is 0.225 e. The minimum Gasteiger partial charge on any atom is -0.350 e. The topological polar surface area (TPSA) is 67.2 Å². The van der Waals surface area contributed by atoms with Gasteiger partial charge in [0.25, 0.3) is 0 Å². The molecule has 36 heavy (non-hydrogen) atoms. The van der Waals surface area contributed by atoms with Crippen molar-refractivity contribution in [2.45, 2.75) is 44.3 Å². The third kappa shape index (κ3) is 3.85. The summed E-state index contributed by atoms with van der Waals surface area (Å²) in [4.78, 5) is 28.0. The highest BCUT2D eigenvalue weighted by molar-refractivity contribution is 5.87. The average Bonchev–Trinajstić information content (AvgIpc) is 3.62. The molecule has 6 nitrogen and oxygen atoms in total. The molecule has 2 aliphatic rings. The van der Waals surface area contributed by atoms with Gasteiger partial charge in [-0.05, 0) is 67.3 Å². The van der Waals surface area contributed by atoms with Crippen LogP contribution in [0.2, 0.25) is 0 Å². The van der Waals surface area contributed by atoms with E-state index in [9.17, 15) is 14.0 Å². The molecule has 6 rings (SSSR count). The molecule has 2 fully saturated rings. The van der Waals surface area contributed by atoms with E-state index in [4.69, 9.17) is 0 Å². The van der Waals surface area contributed by atoms with Gasteiger partial charge in [0.15, 0.2) is 0 Å². The van der Waals surface area contributed by atoms with E-state index in [1.165, 1.54) is 12.1 Å². The SMILES string of the molecule is CC1(c2ccc3c(cnn3-c3ccc(F)cc3)c2)C(NC(=O)C2CC2)CC(=O)N1Cc1ccccc1. The molecule has 1 aromatic heterocycles. The minimum absolute atomic E-state index is 0.0181. The number of rotatable bonds is 6. The van der Waals surface area contributed by atoms with Crippen molar-refractivity contribution in [2.75, 3.05) is 0 Å².